The van der Waals surface area contributed by atoms with Gasteiger partial charge in [0.15, 0.2) is 0 Å². The van der Waals surface area contributed by atoms with Crippen molar-refractivity contribution in [1.82, 2.24) is 9.13 Å². The molecular formula is C83H61BN4O2S. The molecule has 8 heteroatoms. The van der Waals surface area contributed by atoms with Gasteiger partial charge >= 0.3 is 0 Å². The highest BCUT2D eigenvalue weighted by Crippen LogP contribution is 2.51. The Morgan fingerprint density at radius 3 is 2.03 bits per heavy atom. The number of nitriles is 1. The monoisotopic (exact) mass is 1190 g/mol. The Labute approximate surface area is 538 Å². The van der Waals surface area contributed by atoms with Crippen LogP contribution in [-0.4, -0.2) is 15.8 Å². The molecule has 3 aliphatic rings. The largest absolute Gasteiger partial charge is 0.458 e. The molecule has 0 atom stereocenters. The van der Waals surface area contributed by atoms with Crippen molar-refractivity contribution in [2.24, 2.45) is 0 Å². The smallest absolute Gasteiger partial charge is 0.256 e. The normalized spacial score (nSPS) is 15.3. The molecule has 6 heterocycles. The maximum atomic E-state index is 10.5. The molecule has 91 heavy (non-hydrogen) atoms. The molecule has 0 saturated carbocycles. The first kappa shape index (κ1) is 49.3. The fourth-order valence-corrected chi connectivity index (χ4v) is 16.1. The molecule has 11 aromatic carbocycles. The van der Waals surface area contributed by atoms with Gasteiger partial charge in [-0.3, -0.25) is 0 Å². The minimum absolute atomic E-state index is 0.000185. The number of allylic oxidation sites excluding steroid dienone is 3. The summed E-state index contributed by atoms with van der Waals surface area (Å²) < 4.78 is 59.1. The Balaban J connectivity index is 0.946. The predicted octanol–water partition coefficient (Wildman–Crippen LogP) is 20.7. The Hall–Kier alpha value is -10.6. The Bertz CT molecular complexity index is 5950. The summed E-state index contributed by atoms with van der Waals surface area (Å²) in [6, 6.07) is 71.7. The molecule has 0 N–H and O–H groups in total. The van der Waals surface area contributed by atoms with E-state index in [4.69, 9.17) is 11.9 Å². The third kappa shape index (κ3) is 8.10. The first-order valence-corrected chi connectivity index (χ1v) is 32.2. The fraction of sp³-hybridized carbons (Fsp3) is 0.120. The Kier molecular flexibility index (Phi) is 10.7. The second-order valence-electron chi connectivity index (χ2n) is 26.7. The van der Waals surface area contributed by atoms with E-state index in [0.717, 1.165) is 112 Å². The minimum atomic E-state index is -0.358. The lowest BCUT2D eigenvalue weighted by molar-refractivity contribution is 0.487. The van der Waals surface area contributed by atoms with Gasteiger partial charge in [0.05, 0.1) is 33.8 Å². The van der Waals surface area contributed by atoms with Crippen molar-refractivity contribution in [2.45, 2.75) is 65.2 Å². The number of benzene rings is 11. The summed E-state index contributed by atoms with van der Waals surface area (Å²) in [6.07, 6.45) is 6.70. The first-order chi connectivity index (χ1) is 46.0. The number of para-hydroxylation sites is 4. The van der Waals surface area contributed by atoms with Crippen molar-refractivity contribution in [3.05, 3.63) is 258 Å². The molecule has 0 amide bonds. The fourth-order valence-electron chi connectivity index (χ4n) is 14.9. The summed E-state index contributed by atoms with van der Waals surface area (Å²) in [7, 11) is 0. The third-order valence-corrected chi connectivity index (χ3v) is 20.4. The van der Waals surface area contributed by atoms with Crippen molar-refractivity contribution in [2.75, 3.05) is 4.90 Å². The number of aromatic nitrogens is 2. The molecule has 0 unspecified atom stereocenters. The summed E-state index contributed by atoms with van der Waals surface area (Å²) >= 11 is 1.83. The second kappa shape index (κ2) is 19.7. The SMILES string of the molecule is [2H]c1c([2H])c([2H])c2c(c1[2H])c1c(n2-c2ccc3c(c2)N(c2ccc(C(C)(C)C)cc2-c2ccccc2)c2cc(-c4cccc5c4oc4ccc6sc7cc(C(C)(C)C)ccc7c6c45)cc4c2B3c2ccc(-n3c5ccccc5c5ccccc53)cc2O4)C/C=C\C/C(C#N)=C\1. The van der Waals surface area contributed by atoms with Gasteiger partial charge in [-0.25, -0.2) is 0 Å². The van der Waals surface area contributed by atoms with Crippen LogP contribution in [0.4, 0.5) is 17.1 Å². The lowest BCUT2D eigenvalue weighted by Gasteiger charge is -2.41. The van der Waals surface area contributed by atoms with E-state index in [1.54, 1.807) is 0 Å². The predicted molar refractivity (Wildman–Crippen MR) is 383 cm³/mol. The average Bonchev–Trinajstić information content (AvgIpc) is 1.51. The number of fused-ring (bicyclic) bond motifs is 17. The molecule has 0 spiro atoms. The molecule has 0 fully saturated rings. The van der Waals surface area contributed by atoms with E-state index in [1.807, 2.05) is 34.1 Å². The van der Waals surface area contributed by atoms with E-state index in [1.165, 1.54) is 42.1 Å². The highest BCUT2D eigenvalue weighted by molar-refractivity contribution is 7.26. The maximum Gasteiger partial charge on any atom is 0.256 e. The van der Waals surface area contributed by atoms with Crippen LogP contribution in [0.15, 0.2) is 240 Å². The zero-order valence-electron chi connectivity index (χ0n) is 55.2. The Morgan fingerprint density at radius 1 is 0.527 bits per heavy atom. The summed E-state index contributed by atoms with van der Waals surface area (Å²) in [4.78, 5) is 2.41. The van der Waals surface area contributed by atoms with E-state index in [-0.39, 0.29) is 41.7 Å². The maximum absolute atomic E-state index is 10.5. The average molecular weight is 1190 g/mol. The van der Waals surface area contributed by atoms with Crippen molar-refractivity contribution in [3.63, 3.8) is 0 Å². The molecule has 6 nitrogen and oxygen atoms in total. The first-order valence-electron chi connectivity index (χ1n) is 33.3. The van der Waals surface area contributed by atoms with Gasteiger partial charge in [-0.15, -0.1) is 11.3 Å². The lowest BCUT2D eigenvalue weighted by atomic mass is 9.34. The zero-order chi connectivity index (χ0) is 64.7. The summed E-state index contributed by atoms with van der Waals surface area (Å²) in [5, 5.41) is 17.8. The number of furan rings is 1. The van der Waals surface area contributed by atoms with Crippen LogP contribution in [-0.2, 0) is 17.3 Å². The standard InChI is InChI=1S/C83H61BN4O2S/c1-82(2,3)52-32-38-70(62(44-52)50-20-8-7-9-21-50)88-71-46-54(86-68-29-17-13-24-59(68)63-41-49(48-85)19-10-14-30-69(63)86)33-36-64(71)84-65-37-34-55(87-66-27-15-11-22-57(66)58-23-12-16-28-67(58)87)47-74(65)89-75-43-51(42-72(88)80(75)84)56-25-18-26-61-78-73(90-81(56)61)39-40-76-79(78)60-35-31-53(83(4,5)6)45-77(60)91-76/h7-18,20-29,31-47H,19,30H2,1-6H3/b14-10-,49-41+/i13D,17D,24D,29D. The van der Waals surface area contributed by atoms with Crippen LogP contribution in [0.25, 0.3) is 115 Å². The molecule has 0 radical (unpaired) electrons. The lowest BCUT2D eigenvalue weighted by Crippen LogP contribution is -2.59. The molecule has 0 saturated heterocycles. The van der Waals surface area contributed by atoms with Crippen LogP contribution in [0.5, 0.6) is 11.5 Å². The molecular weight excluding hydrogens is 1130 g/mol. The van der Waals surface area contributed by atoms with Gasteiger partial charge in [0.2, 0.25) is 0 Å². The molecule has 15 aromatic rings. The van der Waals surface area contributed by atoms with E-state index in [9.17, 15) is 8.00 Å². The quantitative estimate of drug-likeness (QED) is 0.127. The number of thiophene rings is 1. The number of rotatable bonds is 5. The van der Waals surface area contributed by atoms with E-state index < -0.39 is 0 Å². The van der Waals surface area contributed by atoms with Gasteiger partial charge in [-0.05, 0) is 134 Å². The number of hydrogen-bond acceptors (Lipinski definition) is 5. The summed E-state index contributed by atoms with van der Waals surface area (Å²) in [6.45, 7) is 13.2. The van der Waals surface area contributed by atoms with Crippen LogP contribution in [0, 0.1) is 11.3 Å². The number of ether oxygens (including phenoxy) is 1. The van der Waals surface area contributed by atoms with Gasteiger partial charge in [0.1, 0.15) is 22.7 Å². The van der Waals surface area contributed by atoms with Crippen LogP contribution < -0.4 is 26.0 Å². The van der Waals surface area contributed by atoms with Gasteiger partial charge < -0.3 is 23.2 Å². The molecule has 2 aliphatic heterocycles. The molecule has 18 rings (SSSR count). The van der Waals surface area contributed by atoms with Crippen molar-refractivity contribution in [3.8, 4) is 51.2 Å². The highest BCUT2D eigenvalue weighted by atomic mass is 32.1. The number of nitrogens with zero attached hydrogens (tertiary/aromatic N) is 4. The number of hydrogen-bond donors (Lipinski definition) is 0. The second-order valence-corrected chi connectivity index (χ2v) is 27.8. The summed E-state index contributed by atoms with van der Waals surface area (Å²) in [5.74, 6) is 1.45. The van der Waals surface area contributed by atoms with Crippen LogP contribution in [0.1, 0.15) is 75.8 Å². The van der Waals surface area contributed by atoms with E-state index in [2.05, 4.69) is 251 Å². The van der Waals surface area contributed by atoms with Crippen molar-refractivity contribution in [1.29, 1.82) is 5.26 Å². The van der Waals surface area contributed by atoms with E-state index >= 15 is 0 Å². The number of anilines is 3. The van der Waals surface area contributed by atoms with Crippen molar-refractivity contribution < 1.29 is 14.6 Å². The molecule has 1 aliphatic carbocycles. The van der Waals surface area contributed by atoms with Crippen LogP contribution in [0.2, 0.25) is 0 Å². The topological polar surface area (TPSA) is 59.3 Å². The van der Waals surface area contributed by atoms with Crippen molar-refractivity contribution >= 4 is 132 Å². The molecule has 0 bridgehead atoms. The van der Waals surface area contributed by atoms with Gasteiger partial charge in [-0.2, -0.15) is 5.26 Å². The molecule has 4 aromatic heterocycles. The highest BCUT2D eigenvalue weighted by Gasteiger charge is 2.44. The van der Waals surface area contributed by atoms with Gasteiger partial charge in [-0.1, -0.05) is 187 Å². The zero-order valence-corrected chi connectivity index (χ0v) is 52.0. The van der Waals surface area contributed by atoms with Gasteiger partial charge in [0.25, 0.3) is 6.71 Å². The van der Waals surface area contributed by atoms with Crippen LogP contribution >= 0.6 is 11.3 Å². The van der Waals surface area contributed by atoms with Crippen LogP contribution in [0.3, 0.4) is 0 Å². The summed E-state index contributed by atoms with van der Waals surface area (Å²) in [5.41, 5.74) is 19.7. The Morgan fingerprint density at radius 2 is 1.24 bits per heavy atom. The van der Waals surface area contributed by atoms with Gasteiger partial charge in [0, 0.05) is 117 Å². The minimum Gasteiger partial charge on any atom is -0.458 e. The third-order valence-electron chi connectivity index (χ3n) is 19.3. The van der Waals surface area contributed by atoms with E-state index in [0.29, 0.717) is 40.6 Å². The molecule has 434 valence electrons.